The molecule has 5 heteroatoms. The maximum absolute atomic E-state index is 11.2. The van der Waals surface area contributed by atoms with Crippen molar-refractivity contribution in [3.05, 3.63) is 34.0 Å². The Morgan fingerprint density at radius 1 is 1.05 bits per heavy atom. The molecule has 112 valence electrons. The molecule has 0 fully saturated rings. The Bertz CT molecular complexity index is 488. The summed E-state index contributed by atoms with van der Waals surface area (Å²) >= 11 is 0. The number of rotatable bonds is 2. The second-order valence-electron chi connectivity index (χ2n) is 7.14. The smallest absolute Gasteiger partial charge is 0.209 e. The van der Waals surface area contributed by atoms with Crippen molar-refractivity contribution in [1.82, 2.24) is 0 Å². The molecule has 0 aromatic heterocycles. The van der Waals surface area contributed by atoms with Crippen LogP contribution in [0.5, 0.6) is 5.75 Å². The van der Waals surface area contributed by atoms with Crippen LogP contribution in [0.15, 0.2) is 17.4 Å². The Morgan fingerprint density at radius 3 is 1.75 bits per heavy atom. The summed E-state index contributed by atoms with van der Waals surface area (Å²) in [5.74, 6) is 0.270. The molecule has 1 aromatic rings. The molecule has 1 rings (SSSR count). The Labute approximate surface area is 120 Å². The van der Waals surface area contributed by atoms with Gasteiger partial charge in [-0.3, -0.25) is 0 Å². The second-order valence-corrected chi connectivity index (χ2v) is 7.14. The van der Waals surface area contributed by atoms with Crippen molar-refractivity contribution >= 4 is 0 Å². The molecule has 0 bridgehead atoms. The molecule has 0 aliphatic heterocycles. The number of nitrogens with zero attached hydrogens (tertiary/aromatic N) is 2. The number of hydroxylamine groups is 1. The molecule has 0 heterocycles. The van der Waals surface area contributed by atoms with Crippen LogP contribution in [0.4, 0.5) is 0 Å². The standard InChI is InChI=1S/C15H24N2O3/c1-14(2,3)11-7-10(9-17(20)16-19)8-12(13(11)18)15(4,5)6/h7-8,18-19H,9H2,1-6H3. The van der Waals surface area contributed by atoms with Gasteiger partial charge in [0.25, 0.3) is 0 Å². The van der Waals surface area contributed by atoms with E-state index in [9.17, 15) is 10.3 Å². The first kappa shape index (κ1) is 16.3. The van der Waals surface area contributed by atoms with Crippen molar-refractivity contribution in [3.63, 3.8) is 0 Å². The van der Waals surface area contributed by atoms with Gasteiger partial charge >= 0.3 is 0 Å². The van der Waals surface area contributed by atoms with E-state index in [2.05, 4.69) is 5.28 Å². The van der Waals surface area contributed by atoms with Gasteiger partial charge in [-0.15, -0.1) is 0 Å². The maximum atomic E-state index is 11.2. The molecule has 0 saturated carbocycles. The molecule has 0 atom stereocenters. The van der Waals surface area contributed by atoms with Gasteiger partial charge in [-0.05, 0) is 23.0 Å². The summed E-state index contributed by atoms with van der Waals surface area (Å²) in [4.78, 5) is 0.214. The van der Waals surface area contributed by atoms with Crippen molar-refractivity contribution in [2.75, 3.05) is 0 Å². The van der Waals surface area contributed by atoms with Crippen LogP contribution >= 0.6 is 0 Å². The Hall–Kier alpha value is -1.78. The molecule has 20 heavy (non-hydrogen) atoms. The average molecular weight is 280 g/mol. The largest absolute Gasteiger partial charge is 0.597 e. The fraction of sp³-hybridized carbons (Fsp3) is 0.600. The monoisotopic (exact) mass is 280 g/mol. The zero-order valence-corrected chi connectivity index (χ0v) is 13.1. The van der Waals surface area contributed by atoms with Crippen LogP contribution in [0.1, 0.15) is 58.2 Å². The summed E-state index contributed by atoms with van der Waals surface area (Å²) in [6.45, 7) is 12.0. The zero-order chi connectivity index (χ0) is 15.7. The lowest BCUT2D eigenvalue weighted by atomic mass is 9.78. The highest BCUT2D eigenvalue weighted by molar-refractivity contribution is 5.49. The molecule has 1 aromatic carbocycles. The quantitative estimate of drug-likeness (QED) is 0.491. The lowest BCUT2D eigenvalue weighted by Gasteiger charge is -2.27. The first-order valence-electron chi connectivity index (χ1n) is 6.63. The van der Waals surface area contributed by atoms with E-state index in [0.29, 0.717) is 5.56 Å². The van der Waals surface area contributed by atoms with Gasteiger partial charge in [-0.1, -0.05) is 46.4 Å². The molecular weight excluding hydrogens is 256 g/mol. The van der Waals surface area contributed by atoms with E-state index in [0.717, 1.165) is 11.1 Å². The van der Waals surface area contributed by atoms with Crippen molar-refractivity contribution in [3.8, 4) is 5.75 Å². The van der Waals surface area contributed by atoms with Gasteiger partial charge in [0.2, 0.25) is 6.54 Å². The molecule has 0 unspecified atom stereocenters. The first-order valence-corrected chi connectivity index (χ1v) is 6.63. The molecular formula is C15H24N2O3. The summed E-state index contributed by atoms with van der Waals surface area (Å²) < 4.78 is 0. The lowest BCUT2D eigenvalue weighted by molar-refractivity contribution is -0.570. The summed E-state index contributed by atoms with van der Waals surface area (Å²) in [5.41, 5.74) is 1.79. The van der Waals surface area contributed by atoms with Gasteiger partial charge in [0.15, 0.2) is 5.28 Å². The molecule has 0 amide bonds. The Kier molecular flexibility index (Phi) is 4.32. The second kappa shape index (κ2) is 5.31. The van der Waals surface area contributed by atoms with Crippen LogP contribution < -0.4 is 0 Å². The minimum Gasteiger partial charge on any atom is -0.597 e. The predicted molar refractivity (Wildman–Crippen MR) is 77.1 cm³/mol. The Morgan fingerprint density at radius 2 is 1.45 bits per heavy atom. The number of benzene rings is 1. The van der Waals surface area contributed by atoms with Crippen LogP contribution in [0, 0.1) is 5.21 Å². The third-order valence-electron chi connectivity index (χ3n) is 3.20. The molecule has 5 nitrogen and oxygen atoms in total. The number of phenols is 1. The highest BCUT2D eigenvalue weighted by Crippen LogP contribution is 2.39. The van der Waals surface area contributed by atoms with Gasteiger partial charge in [0, 0.05) is 16.7 Å². The summed E-state index contributed by atoms with van der Waals surface area (Å²) in [7, 11) is 0. The van der Waals surface area contributed by atoms with Crippen LogP contribution in [0.2, 0.25) is 0 Å². The van der Waals surface area contributed by atoms with E-state index in [4.69, 9.17) is 5.21 Å². The highest BCUT2D eigenvalue weighted by Gasteiger charge is 2.27. The average Bonchev–Trinajstić information content (AvgIpc) is 2.28. The van der Waals surface area contributed by atoms with E-state index in [-0.39, 0.29) is 28.0 Å². The van der Waals surface area contributed by atoms with Crippen molar-refractivity contribution in [2.45, 2.75) is 58.9 Å². The fourth-order valence-corrected chi connectivity index (χ4v) is 2.12. The van der Waals surface area contributed by atoms with E-state index >= 15 is 0 Å². The minimum absolute atomic E-state index is 0.0526. The van der Waals surface area contributed by atoms with Gasteiger partial charge in [-0.2, -0.15) is 0 Å². The molecule has 0 aliphatic carbocycles. The number of phenolic OH excluding ortho intramolecular Hbond substituents is 1. The fourth-order valence-electron chi connectivity index (χ4n) is 2.12. The molecule has 0 saturated heterocycles. The first-order chi connectivity index (χ1) is 8.96. The van der Waals surface area contributed by atoms with Crippen LogP contribution in [0.25, 0.3) is 0 Å². The normalized spacial score (nSPS) is 13.6. The Balaban J connectivity index is 3.50. The lowest BCUT2D eigenvalue weighted by Crippen LogP contribution is -2.18. The number of aromatic hydroxyl groups is 1. The predicted octanol–water partition coefficient (Wildman–Crippen LogP) is 3.84. The SMILES string of the molecule is CC(C)(C)c1cc(C[N+]([O-])=NO)cc(C(C)(C)C)c1O. The van der Waals surface area contributed by atoms with E-state index in [1.54, 1.807) is 12.1 Å². The summed E-state index contributed by atoms with van der Waals surface area (Å²) in [6.07, 6.45) is 0. The number of hydrogen-bond acceptors (Lipinski definition) is 3. The van der Waals surface area contributed by atoms with Gasteiger partial charge in [0.05, 0.1) is 0 Å². The minimum atomic E-state index is -0.246. The van der Waals surface area contributed by atoms with Gasteiger partial charge in [-0.25, -0.2) is 0 Å². The van der Waals surface area contributed by atoms with E-state index < -0.39 is 0 Å². The molecule has 2 N–H and O–H groups in total. The maximum Gasteiger partial charge on any atom is 0.209 e. The summed E-state index contributed by atoms with van der Waals surface area (Å²) in [6, 6.07) is 3.58. The third kappa shape index (κ3) is 3.62. The van der Waals surface area contributed by atoms with E-state index in [1.165, 1.54) is 0 Å². The number of hydrogen-bond donors (Lipinski definition) is 2. The third-order valence-corrected chi connectivity index (χ3v) is 3.20. The van der Waals surface area contributed by atoms with Crippen molar-refractivity contribution in [1.29, 1.82) is 0 Å². The molecule has 0 radical (unpaired) electrons. The van der Waals surface area contributed by atoms with Crippen LogP contribution in [-0.4, -0.2) is 15.2 Å². The van der Waals surface area contributed by atoms with Crippen molar-refractivity contribution in [2.24, 2.45) is 5.28 Å². The van der Waals surface area contributed by atoms with E-state index in [1.807, 2.05) is 41.5 Å². The molecule has 0 aliphatic rings. The van der Waals surface area contributed by atoms with Crippen LogP contribution in [-0.2, 0) is 17.4 Å². The van der Waals surface area contributed by atoms with Crippen molar-refractivity contribution < 1.29 is 15.2 Å². The topological polar surface area (TPSA) is 78.9 Å². The van der Waals surface area contributed by atoms with Gasteiger partial charge < -0.3 is 15.5 Å². The molecule has 0 spiro atoms. The van der Waals surface area contributed by atoms with Gasteiger partial charge in [0.1, 0.15) is 5.75 Å². The summed E-state index contributed by atoms with van der Waals surface area (Å²) in [5, 5.41) is 32.8. The zero-order valence-electron chi connectivity index (χ0n) is 13.1. The highest BCUT2D eigenvalue weighted by atomic mass is 16.6. The van der Waals surface area contributed by atoms with Crippen LogP contribution in [0.3, 0.4) is 0 Å².